The van der Waals surface area contributed by atoms with Gasteiger partial charge in [0.25, 0.3) is 0 Å². The van der Waals surface area contributed by atoms with Crippen LogP contribution in [0.3, 0.4) is 0 Å². The topological polar surface area (TPSA) is 17.6 Å². The van der Waals surface area contributed by atoms with Gasteiger partial charge >= 0.3 is 0 Å². The summed E-state index contributed by atoms with van der Waals surface area (Å²) in [6.45, 7) is 2.23. The number of furan rings is 1. The van der Waals surface area contributed by atoms with Gasteiger partial charge in [-0.25, -0.2) is 0 Å². The number of hydrogen-bond acceptors (Lipinski definition) is 1. The van der Waals surface area contributed by atoms with Gasteiger partial charge in [0.05, 0.1) is 16.6 Å². The molecule has 0 bridgehead atoms. The van der Waals surface area contributed by atoms with Gasteiger partial charge in [-0.05, 0) is 35.0 Å². The van der Waals surface area contributed by atoms with E-state index in [0.717, 1.165) is 18.4 Å². The highest BCUT2D eigenvalue weighted by Crippen LogP contribution is 2.45. The van der Waals surface area contributed by atoms with Crippen LogP contribution in [-0.2, 0) is 0 Å². The summed E-state index contributed by atoms with van der Waals surface area (Å²) in [5, 5.41) is 10.2. The van der Waals surface area contributed by atoms with Crippen LogP contribution >= 0.6 is 0 Å². The lowest BCUT2D eigenvalue weighted by atomic mass is 9.72. The fraction of sp³-hybridized carbons (Fsp3) is 0.0345. The zero-order chi connectivity index (χ0) is 21.0. The summed E-state index contributed by atoms with van der Waals surface area (Å²) in [7, 11) is 1.02. The molecule has 0 aliphatic heterocycles. The molecule has 0 atom stereocenters. The molecule has 32 heavy (non-hydrogen) atoms. The monoisotopic (exact) mass is 407 g/mol. The number of benzene rings is 5. The van der Waals surface area contributed by atoms with Crippen molar-refractivity contribution in [2.45, 2.75) is 6.82 Å². The van der Waals surface area contributed by atoms with Crippen LogP contribution < -0.4 is 5.46 Å². The molecule has 3 aromatic heterocycles. The quantitative estimate of drug-likeness (QED) is 0.163. The molecule has 0 amide bonds. The first kappa shape index (κ1) is 16.7. The van der Waals surface area contributed by atoms with Crippen molar-refractivity contribution in [3.8, 4) is 0 Å². The SMILES string of the molecule is CBc1cc2cccc3c2c(c1)c1cc2oc4ccccc4c2c2c4ccccc4n3c12. The Morgan fingerprint density at radius 3 is 2.34 bits per heavy atom. The maximum atomic E-state index is 6.42. The number of aromatic nitrogens is 1. The number of para-hydroxylation sites is 2. The molecule has 2 nitrogen and oxygen atoms in total. The second-order valence-electron chi connectivity index (χ2n) is 8.84. The molecule has 5 aromatic carbocycles. The average Bonchev–Trinajstić information content (AvgIpc) is 3.38. The summed E-state index contributed by atoms with van der Waals surface area (Å²) in [6, 6.07) is 30.9. The van der Waals surface area contributed by atoms with E-state index in [2.05, 4.69) is 90.1 Å². The zero-order valence-corrected chi connectivity index (χ0v) is 17.6. The molecule has 0 saturated heterocycles. The van der Waals surface area contributed by atoms with Crippen LogP contribution in [0.15, 0.2) is 89.3 Å². The van der Waals surface area contributed by atoms with E-state index in [-0.39, 0.29) is 0 Å². The third kappa shape index (κ3) is 1.84. The van der Waals surface area contributed by atoms with Gasteiger partial charge in [-0.1, -0.05) is 72.9 Å². The Balaban J connectivity index is 1.83. The molecule has 0 spiro atoms. The number of rotatable bonds is 1. The van der Waals surface area contributed by atoms with Gasteiger partial charge in [0, 0.05) is 32.3 Å². The fourth-order valence-corrected chi connectivity index (χ4v) is 5.90. The van der Waals surface area contributed by atoms with E-state index < -0.39 is 0 Å². The van der Waals surface area contributed by atoms with Gasteiger partial charge in [0.1, 0.15) is 11.2 Å². The van der Waals surface area contributed by atoms with E-state index in [9.17, 15) is 0 Å². The van der Waals surface area contributed by atoms with Crippen LogP contribution in [0.25, 0.3) is 70.8 Å². The molecule has 0 aliphatic rings. The molecule has 148 valence electrons. The van der Waals surface area contributed by atoms with Gasteiger partial charge < -0.3 is 8.82 Å². The zero-order valence-electron chi connectivity index (χ0n) is 17.6. The highest BCUT2D eigenvalue weighted by Gasteiger charge is 2.22. The second kappa shape index (κ2) is 5.63. The Kier molecular flexibility index (Phi) is 2.93. The molecular weight excluding hydrogens is 389 g/mol. The van der Waals surface area contributed by atoms with E-state index in [0.29, 0.717) is 0 Å². The van der Waals surface area contributed by atoms with Crippen molar-refractivity contribution in [2.24, 2.45) is 0 Å². The van der Waals surface area contributed by atoms with Crippen molar-refractivity contribution in [3.63, 3.8) is 0 Å². The van der Waals surface area contributed by atoms with Gasteiger partial charge in [-0.3, -0.25) is 0 Å². The molecule has 0 aliphatic carbocycles. The van der Waals surface area contributed by atoms with Crippen molar-refractivity contribution in [1.29, 1.82) is 0 Å². The van der Waals surface area contributed by atoms with Gasteiger partial charge in [0.15, 0.2) is 7.28 Å². The molecule has 8 aromatic rings. The standard InChI is InChI=1S/C29H18BNO/c1-30-17-13-16-7-6-11-23-26(16)20(14-17)21-15-25-27(19-9-3-5-12-24(19)32-25)28-18-8-2-4-10-22(18)31(23)29(21)28/h2-15,30H,1H3. The first-order valence-electron chi connectivity index (χ1n) is 11.3. The van der Waals surface area contributed by atoms with Crippen molar-refractivity contribution in [3.05, 3.63) is 84.9 Å². The molecular formula is C29H18BNO. The molecule has 0 fully saturated rings. The molecule has 0 N–H and O–H groups in total. The van der Waals surface area contributed by atoms with E-state index in [1.54, 1.807) is 0 Å². The van der Waals surface area contributed by atoms with E-state index >= 15 is 0 Å². The molecule has 8 rings (SSSR count). The number of nitrogens with zero attached hydrogens (tertiary/aromatic N) is 1. The third-order valence-electron chi connectivity index (χ3n) is 7.23. The van der Waals surface area contributed by atoms with Crippen LogP contribution in [0.2, 0.25) is 6.82 Å². The van der Waals surface area contributed by atoms with Crippen molar-refractivity contribution < 1.29 is 4.42 Å². The molecule has 3 heterocycles. The Bertz CT molecular complexity index is 2020. The summed E-state index contributed by atoms with van der Waals surface area (Å²) in [5.41, 5.74) is 7.09. The van der Waals surface area contributed by atoms with Crippen molar-refractivity contribution in [1.82, 2.24) is 4.40 Å². The predicted molar refractivity (Wildman–Crippen MR) is 139 cm³/mol. The molecule has 0 unspecified atom stereocenters. The van der Waals surface area contributed by atoms with Crippen LogP contribution in [0.1, 0.15) is 0 Å². The normalized spacial score (nSPS) is 12.5. The van der Waals surface area contributed by atoms with Gasteiger partial charge in [0.2, 0.25) is 0 Å². The Morgan fingerprint density at radius 2 is 1.44 bits per heavy atom. The smallest absolute Gasteiger partial charge is 0.154 e. The van der Waals surface area contributed by atoms with Gasteiger partial charge in [-0.2, -0.15) is 0 Å². The van der Waals surface area contributed by atoms with Crippen LogP contribution in [-0.4, -0.2) is 11.7 Å². The first-order chi connectivity index (χ1) is 15.8. The molecule has 3 heteroatoms. The maximum Gasteiger partial charge on any atom is 0.154 e. The van der Waals surface area contributed by atoms with Gasteiger partial charge in [-0.15, -0.1) is 0 Å². The number of fused-ring (bicyclic) bond motifs is 9. The fourth-order valence-electron chi connectivity index (χ4n) is 5.90. The average molecular weight is 407 g/mol. The minimum atomic E-state index is 0.946. The number of hydrogen-bond donors (Lipinski definition) is 0. The Morgan fingerprint density at radius 1 is 0.625 bits per heavy atom. The van der Waals surface area contributed by atoms with E-state index in [1.807, 2.05) is 6.07 Å². The minimum absolute atomic E-state index is 0.946. The van der Waals surface area contributed by atoms with Crippen LogP contribution in [0, 0.1) is 0 Å². The summed E-state index contributed by atoms with van der Waals surface area (Å²) in [5.74, 6) is 0. The second-order valence-corrected chi connectivity index (χ2v) is 8.84. The summed E-state index contributed by atoms with van der Waals surface area (Å²) >= 11 is 0. The van der Waals surface area contributed by atoms with Crippen molar-refractivity contribution >= 4 is 83.5 Å². The highest BCUT2D eigenvalue weighted by atomic mass is 16.3. The maximum absolute atomic E-state index is 6.42. The van der Waals surface area contributed by atoms with Crippen molar-refractivity contribution in [2.75, 3.05) is 0 Å². The third-order valence-corrected chi connectivity index (χ3v) is 7.23. The summed E-state index contributed by atoms with van der Waals surface area (Å²) in [4.78, 5) is 0. The minimum Gasteiger partial charge on any atom is -0.456 e. The summed E-state index contributed by atoms with van der Waals surface area (Å²) < 4.78 is 8.89. The highest BCUT2D eigenvalue weighted by molar-refractivity contribution is 6.53. The predicted octanol–water partition coefficient (Wildman–Crippen LogP) is 7.00. The number of pyridine rings is 1. The lowest BCUT2D eigenvalue weighted by molar-refractivity contribution is 0.669. The lowest BCUT2D eigenvalue weighted by Gasteiger charge is -2.14. The Labute approximate surface area is 184 Å². The van der Waals surface area contributed by atoms with Crippen LogP contribution in [0.5, 0.6) is 0 Å². The van der Waals surface area contributed by atoms with E-state index in [1.165, 1.54) is 65.1 Å². The largest absolute Gasteiger partial charge is 0.456 e. The Hall–Kier alpha value is -3.98. The van der Waals surface area contributed by atoms with E-state index in [4.69, 9.17) is 4.42 Å². The molecule has 0 radical (unpaired) electrons. The first-order valence-corrected chi connectivity index (χ1v) is 11.3. The molecule has 0 saturated carbocycles. The summed E-state index contributed by atoms with van der Waals surface area (Å²) in [6.07, 6.45) is 0. The lowest BCUT2D eigenvalue weighted by Crippen LogP contribution is -2.10. The van der Waals surface area contributed by atoms with Crippen LogP contribution in [0.4, 0.5) is 0 Å².